The zero-order chi connectivity index (χ0) is 18.5. The van der Waals surface area contributed by atoms with Crippen LogP contribution < -0.4 is 15.4 Å². The fourth-order valence-corrected chi connectivity index (χ4v) is 2.88. The maximum atomic E-state index is 12.6. The van der Waals surface area contributed by atoms with Crippen molar-refractivity contribution >= 4 is 23.3 Å². The molecule has 0 aliphatic heterocycles. The molecule has 134 valence electrons. The molecule has 0 saturated carbocycles. The molecule has 0 aliphatic rings. The maximum absolute atomic E-state index is 12.6. The third-order valence-corrected chi connectivity index (χ3v) is 4.29. The van der Waals surface area contributed by atoms with Crippen LogP contribution in [0.1, 0.15) is 17.4 Å². The molecule has 7 heteroatoms. The monoisotopic (exact) mass is 370 g/mol. The summed E-state index contributed by atoms with van der Waals surface area (Å²) < 4.78 is 7.31. The van der Waals surface area contributed by atoms with Crippen LogP contribution in [0.3, 0.4) is 0 Å². The molecule has 0 spiro atoms. The number of aromatic nitrogens is 2. The summed E-state index contributed by atoms with van der Waals surface area (Å²) in [6, 6.07) is 13.7. The minimum Gasteiger partial charge on any atom is -0.496 e. The second-order valence-corrected chi connectivity index (χ2v) is 6.06. The molecule has 1 atom stereocenters. The first kappa shape index (κ1) is 17.8. The lowest BCUT2D eigenvalue weighted by atomic mass is 10.0. The molecule has 6 nitrogen and oxygen atoms in total. The zero-order valence-electron chi connectivity index (χ0n) is 14.4. The van der Waals surface area contributed by atoms with Gasteiger partial charge < -0.3 is 19.9 Å². The number of halogens is 1. The predicted octanol–water partition coefficient (Wildman–Crippen LogP) is 3.99. The first-order valence-corrected chi connectivity index (χ1v) is 8.40. The summed E-state index contributed by atoms with van der Waals surface area (Å²) in [5.74, 6) is 1.35. The van der Waals surface area contributed by atoms with E-state index in [1.807, 2.05) is 42.1 Å². The van der Waals surface area contributed by atoms with Crippen LogP contribution in [0.4, 0.5) is 10.5 Å². The van der Waals surface area contributed by atoms with E-state index in [0.29, 0.717) is 22.3 Å². The number of nitrogens with zero attached hydrogens (tertiary/aromatic N) is 2. The van der Waals surface area contributed by atoms with E-state index in [0.717, 1.165) is 5.56 Å². The highest BCUT2D eigenvalue weighted by molar-refractivity contribution is 6.33. The average molecular weight is 371 g/mol. The third kappa shape index (κ3) is 3.81. The number of ether oxygens (including phenoxy) is 1. The van der Waals surface area contributed by atoms with Crippen molar-refractivity contribution in [1.82, 2.24) is 14.9 Å². The number of rotatable bonds is 5. The van der Waals surface area contributed by atoms with Crippen LogP contribution in [0.25, 0.3) is 0 Å². The molecule has 2 N–H and O–H groups in total. The fourth-order valence-electron chi connectivity index (χ4n) is 2.69. The summed E-state index contributed by atoms with van der Waals surface area (Å²) in [6.45, 7) is 0. The van der Waals surface area contributed by atoms with Crippen molar-refractivity contribution in [2.45, 2.75) is 6.04 Å². The summed E-state index contributed by atoms with van der Waals surface area (Å²) in [7, 11) is 3.47. The number of para-hydroxylation sites is 2. The number of hydrogen-bond acceptors (Lipinski definition) is 3. The van der Waals surface area contributed by atoms with E-state index >= 15 is 0 Å². The minimum absolute atomic E-state index is 0.392. The number of carbonyl (C=O) groups excluding carboxylic acids is 1. The van der Waals surface area contributed by atoms with E-state index in [2.05, 4.69) is 15.6 Å². The number of amides is 2. The van der Waals surface area contributed by atoms with E-state index in [1.165, 1.54) is 0 Å². The van der Waals surface area contributed by atoms with Gasteiger partial charge in [0.05, 0.1) is 17.8 Å². The molecule has 1 heterocycles. The number of methoxy groups -OCH3 is 1. The first-order chi connectivity index (χ1) is 12.6. The van der Waals surface area contributed by atoms with E-state index in [9.17, 15) is 4.79 Å². The minimum atomic E-state index is -0.492. The van der Waals surface area contributed by atoms with Gasteiger partial charge in [0.2, 0.25) is 0 Å². The van der Waals surface area contributed by atoms with Crippen LogP contribution in [0, 0.1) is 0 Å². The third-order valence-electron chi connectivity index (χ3n) is 3.96. The number of nitrogens with one attached hydrogen (secondary N) is 2. The van der Waals surface area contributed by atoms with Gasteiger partial charge in [0.15, 0.2) is 0 Å². The predicted molar refractivity (Wildman–Crippen MR) is 102 cm³/mol. The highest BCUT2D eigenvalue weighted by Crippen LogP contribution is 2.29. The molecule has 0 fully saturated rings. The Labute approximate surface area is 156 Å². The normalized spacial score (nSPS) is 11.7. The van der Waals surface area contributed by atoms with Gasteiger partial charge in [0.25, 0.3) is 0 Å². The Morgan fingerprint density at radius 3 is 2.62 bits per heavy atom. The maximum Gasteiger partial charge on any atom is 0.320 e. The van der Waals surface area contributed by atoms with E-state index in [4.69, 9.17) is 16.3 Å². The van der Waals surface area contributed by atoms with Crippen molar-refractivity contribution in [2.75, 3.05) is 12.4 Å². The summed E-state index contributed by atoms with van der Waals surface area (Å²) in [5, 5.41) is 6.19. The van der Waals surface area contributed by atoms with Crippen LogP contribution >= 0.6 is 11.6 Å². The number of urea groups is 1. The SMILES string of the molecule is COc1ccccc1C(NC(=O)Nc1ccccc1Cl)c1nccn1C. The second kappa shape index (κ2) is 7.93. The molecule has 3 rings (SSSR count). The highest BCUT2D eigenvalue weighted by atomic mass is 35.5. The Hall–Kier alpha value is -2.99. The quantitative estimate of drug-likeness (QED) is 0.713. The zero-order valence-corrected chi connectivity index (χ0v) is 15.2. The smallest absolute Gasteiger partial charge is 0.320 e. The van der Waals surface area contributed by atoms with Crippen LogP contribution in [0.5, 0.6) is 5.75 Å². The van der Waals surface area contributed by atoms with Crippen LogP contribution in [0.2, 0.25) is 5.02 Å². The Morgan fingerprint density at radius 1 is 1.19 bits per heavy atom. The van der Waals surface area contributed by atoms with Gasteiger partial charge in [0.1, 0.15) is 17.6 Å². The van der Waals surface area contributed by atoms with E-state index in [1.54, 1.807) is 37.6 Å². The molecule has 0 bridgehead atoms. The summed E-state index contributed by atoms with van der Waals surface area (Å²) in [4.78, 5) is 17.0. The Balaban J connectivity index is 1.91. The van der Waals surface area contributed by atoms with Crippen molar-refractivity contribution in [3.63, 3.8) is 0 Å². The molecule has 1 unspecified atom stereocenters. The molecule has 3 aromatic rings. The fraction of sp³-hybridized carbons (Fsp3) is 0.158. The van der Waals surface area contributed by atoms with Gasteiger partial charge in [-0.25, -0.2) is 9.78 Å². The summed E-state index contributed by atoms with van der Waals surface area (Å²) in [6.07, 6.45) is 3.51. The lowest BCUT2D eigenvalue weighted by molar-refractivity contribution is 0.249. The molecule has 0 radical (unpaired) electrons. The van der Waals surface area contributed by atoms with Gasteiger partial charge >= 0.3 is 6.03 Å². The van der Waals surface area contributed by atoms with Crippen molar-refractivity contribution in [2.24, 2.45) is 7.05 Å². The van der Waals surface area contributed by atoms with Gasteiger partial charge in [-0.05, 0) is 18.2 Å². The van der Waals surface area contributed by atoms with Gasteiger partial charge in [0, 0.05) is 25.0 Å². The van der Waals surface area contributed by atoms with Crippen molar-refractivity contribution < 1.29 is 9.53 Å². The largest absolute Gasteiger partial charge is 0.496 e. The number of anilines is 1. The van der Waals surface area contributed by atoms with Gasteiger partial charge in [-0.3, -0.25) is 0 Å². The average Bonchev–Trinajstić information content (AvgIpc) is 3.07. The van der Waals surface area contributed by atoms with Gasteiger partial charge in [-0.2, -0.15) is 0 Å². The molecule has 0 saturated heterocycles. The van der Waals surface area contributed by atoms with Crippen molar-refractivity contribution in [3.05, 3.63) is 77.3 Å². The highest BCUT2D eigenvalue weighted by Gasteiger charge is 2.24. The van der Waals surface area contributed by atoms with Gasteiger partial charge in [-0.15, -0.1) is 0 Å². The van der Waals surface area contributed by atoms with Crippen molar-refractivity contribution in [1.29, 1.82) is 0 Å². The van der Waals surface area contributed by atoms with Crippen molar-refractivity contribution in [3.8, 4) is 5.75 Å². The number of carbonyl (C=O) groups is 1. The first-order valence-electron chi connectivity index (χ1n) is 8.02. The van der Waals surface area contributed by atoms with Crippen LogP contribution in [-0.2, 0) is 7.05 Å². The molecule has 0 aliphatic carbocycles. The molecule has 2 aromatic carbocycles. The lowest BCUT2D eigenvalue weighted by Crippen LogP contribution is -2.34. The lowest BCUT2D eigenvalue weighted by Gasteiger charge is -2.21. The van der Waals surface area contributed by atoms with Crippen LogP contribution in [-0.4, -0.2) is 22.7 Å². The Morgan fingerprint density at radius 2 is 1.92 bits per heavy atom. The summed E-state index contributed by atoms with van der Waals surface area (Å²) in [5.41, 5.74) is 1.34. The molecule has 26 heavy (non-hydrogen) atoms. The topological polar surface area (TPSA) is 68.2 Å². The molecule has 2 amide bonds. The standard InChI is InChI=1S/C19H19ClN4O2/c1-24-12-11-21-18(24)17(13-7-3-6-10-16(13)26-2)23-19(25)22-15-9-5-4-8-14(15)20/h3-12,17H,1-2H3,(H2,22,23,25). The number of imidazole rings is 1. The van der Waals surface area contributed by atoms with Crippen LogP contribution in [0.15, 0.2) is 60.9 Å². The number of benzene rings is 2. The van der Waals surface area contributed by atoms with E-state index in [-0.39, 0.29) is 0 Å². The number of aryl methyl sites for hydroxylation is 1. The number of hydrogen-bond donors (Lipinski definition) is 2. The Bertz CT molecular complexity index is 910. The molecular formula is C19H19ClN4O2. The Kier molecular flexibility index (Phi) is 5.43. The van der Waals surface area contributed by atoms with Gasteiger partial charge in [-0.1, -0.05) is 41.9 Å². The molecule has 1 aromatic heterocycles. The second-order valence-electron chi connectivity index (χ2n) is 5.65. The summed E-state index contributed by atoms with van der Waals surface area (Å²) >= 11 is 6.12. The molecular weight excluding hydrogens is 352 g/mol. The van der Waals surface area contributed by atoms with E-state index < -0.39 is 12.1 Å².